The highest BCUT2D eigenvalue weighted by atomic mass is 16.5. The van der Waals surface area contributed by atoms with Gasteiger partial charge >= 0.3 is 5.97 Å². The van der Waals surface area contributed by atoms with Crippen molar-refractivity contribution in [2.45, 2.75) is 38.2 Å². The van der Waals surface area contributed by atoms with Gasteiger partial charge in [0, 0.05) is 12.8 Å². The molecule has 0 aromatic heterocycles. The molecule has 2 saturated carbocycles. The Morgan fingerprint density at radius 2 is 2.20 bits per heavy atom. The lowest BCUT2D eigenvalue weighted by atomic mass is 9.54. The summed E-state index contributed by atoms with van der Waals surface area (Å²) in [5.41, 5.74) is -0.128. The van der Waals surface area contributed by atoms with Crippen LogP contribution in [0, 0.1) is 11.3 Å². The third-order valence-electron chi connectivity index (χ3n) is 4.18. The molecule has 2 aliphatic heterocycles. The van der Waals surface area contributed by atoms with Crippen LogP contribution in [0.25, 0.3) is 0 Å². The third kappa shape index (κ3) is 0.912. The SMILES string of the molecule is C=C1C[C@@H]2C[C@H]3CCCC(=O)[C@]13C(=O)O2. The molecule has 4 fully saturated rings. The number of hydrogen-bond acceptors (Lipinski definition) is 3. The standard InChI is InChI=1S/C12H14O3/c1-7-5-9-6-8-3-2-4-10(13)12(7,8)11(14)15-9/h8-9H,1-6H2/t8-,9-,12+/m1/s1. The summed E-state index contributed by atoms with van der Waals surface area (Å²) in [5, 5.41) is 0. The maximum atomic E-state index is 12.1. The number of Topliss-reactive ketones (excluding diaryl/α,β-unsaturated/α-hetero) is 1. The molecular formula is C12H14O3. The summed E-state index contributed by atoms with van der Waals surface area (Å²) in [7, 11) is 0. The van der Waals surface area contributed by atoms with E-state index >= 15 is 0 Å². The maximum Gasteiger partial charge on any atom is 0.324 e. The zero-order chi connectivity index (χ0) is 10.6. The number of hydrogen-bond donors (Lipinski definition) is 0. The van der Waals surface area contributed by atoms with Gasteiger partial charge in [0.05, 0.1) is 0 Å². The number of ketones is 1. The summed E-state index contributed by atoms with van der Waals surface area (Å²) in [6.45, 7) is 3.95. The average Bonchev–Trinajstić information content (AvgIpc) is 2.16. The van der Waals surface area contributed by atoms with Gasteiger partial charge in [0.15, 0.2) is 5.78 Å². The van der Waals surface area contributed by atoms with Crippen molar-refractivity contribution >= 4 is 11.8 Å². The molecule has 0 N–H and O–H groups in total. The molecule has 3 nitrogen and oxygen atoms in total. The first-order chi connectivity index (χ1) is 7.15. The minimum absolute atomic E-state index is 0.0113. The minimum Gasteiger partial charge on any atom is -0.461 e. The van der Waals surface area contributed by atoms with Crippen LogP contribution in [0.5, 0.6) is 0 Å². The largest absolute Gasteiger partial charge is 0.461 e. The lowest BCUT2D eigenvalue weighted by Crippen LogP contribution is -2.59. The Morgan fingerprint density at radius 1 is 1.40 bits per heavy atom. The smallest absolute Gasteiger partial charge is 0.324 e. The van der Waals surface area contributed by atoms with Crippen molar-refractivity contribution in [2.75, 3.05) is 0 Å². The lowest BCUT2D eigenvalue weighted by Gasteiger charge is -2.52. The Labute approximate surface area is 88.5 Å². The van der Waals surface area contributed by atoms with Crippen molar-refractivity contribution in [2.24, 2.45) is 11.3 Å². The first-order valence-electron chi connectivity index (χ1n) is 5.58. The highest BCUT2D eigenvalue weighted by Gasteiger charge is 2.62. The topological polar surface area (TPSA) is 43.4 Å². The highest BCUT2D eigenvalue weighted by molar-refractivity contribution is 6.08. The number of ether oxygens (including phenoxy) is 1. The second-order valence-corrected chi connectivity index (χ2v) is 4.89. The highest BCUT2D eigenvalue weighted by Crippen LogP contribution is 2.55. The van der Waals surface area contributed by atoms with Crippen molar-refractivity contribution in [3.05, 3.63) is 12.2 Å². The minimum atomic E-state index is -0.938. The molecule has 4 rings (SSSR count). The van der Waals surface area contributed by atoms with E-state index in [1.54, 1.807) is 0 Å². The molecular weight excluding hydrogens is 192 g/mol. The van der Waals surface area contributed by atoms with Crippen molar-refractivity contribution in [3.8, 4) is 0 Å². The van der Waals surface area contributed by atoms with Gasteiger partial charge in [-0.25, -0.2) is 0 Å². The first-order valence-corrected chi connectivity index (χ1v) is 5.58. The van der Waals surface area contributed by atoms with E-state index in [4.69, 9.17) is 4.74 Å². The van der Waals surface area contributed by atoms with E-state index in [1.807, 2.05) is 0 Å². The van der Waals surface area contributed by atoms with Gasteiger partial charge in [0.25, 0.3) is 0 Å². The van der Waals surface area contributed by atoms with Gasteiger partial charge in [-0.3, -0.25) is 9.59 Å². The van der Waals surface area contributed by atoms with Crippen molar-refractivity contribution in [1.29, 1.82) is 0 Å². The molecule has 0 aromatic carbocycles. The number of fused-ring (bicyclic) bond motifs is 2. The average molecular weight is 206 g/mol. The molecule has 2 saturated heterocycles. The van der Waals surface area contributed by atoms with Crippen LogP contribution >= 0.6 is 0 Å². The van der Waals surface area contributed by atoms with Crippen LogP contribution in [0.1, 0.15) is 32.1 Å². The molecule has 2 aliphatic carbocycles. The lowest BCUT2D eigenvalue weighted by molar-refractivity contribution is -0.186. The van der Waals surface area contributed by atoms with Gasteiger partial charge in [-0.15, -0.1) is 0 Å². The normalized spacial score (nSPS) is 43.9. The Bertz CT molecular complexity index is 337. The molecule has 3 atom stereocenters. The third-order valence-corrected chi connectivity index (χ3v) is 4.18. The van der Waals surface area contributed by atoms with E-state index in [0.29, 0.717) is 12.8 Å². The van der Waals surface area contributed by atoms with Gasteiger partial charge in [0.1, 0.15) is 11.5 Å². The van der Waals surface area contributed by atoms with Gasteiger partial charge in [0.2, 0.25) is 0 Å². The quantitative estimate of drug-likeness (QED) is 0.343. The summed E-state index contributed by atoms with van der Waals surface area (Å²) in [4.78, 5) is 24.0. The summed E-state index contributed by atoms with van der Waals surface area (Å²) in [5.74, 6) is -0.0946. The molecule has 3 heteroatoms. The maximum absolute atomic E-state index is 12.1. The van der Waals surface area contributed by atoms with Gasteiger partial charge in [-0.1, -0.05) is 6.58 Å². The van der Waals surface area contributed by atoms with Crippen molar-refractivity contribution in [3.63, 3.8) is 0 Å². The van der Waals surface area contributed by atoms with E-state index in [1.165, 1.54) is 0 Å². The van der Waals surface area contributed by atoms with Crippen molar-refractivity contribution < 1.29 is 14.3 Å². The van der Waals surface area contributed by atoms with Crippen LogP contribution < -0.4 is 0 Å². The van der Waals surface area contributed by atoms with Crippen molar-refractivity contribution in [1.82, 2.24) is 0 Å². The molecule has 0 amide bonds. The summed E-state index contributed by atoms with van der Waals surface area (Å²) < 4.78 is 5.27. The molecule has 4 aliphatic rings. The molecule has 2 heterocycles. The molecule has 0 aromatic rings. The Morgan fingerprint density at radius 3 is 2.87 bits per heavy atom. The Kier molecular flexibility index (Phi) is 1.65. The van der Waals surface area contributed by atoms with E-state index in [0.717, 1.165) is 24.8 Å². The van der Waals surface area contributed by atoms with Crippen LogP contribution in [0.3, 0.4) is 0 Å². The second kappa shape index (κ2) is 2.71. The Balaban J connectivity index is 2.14. The fourth-order valence-corrected chi connectivity index (χ4v) is 3.53. The number of carbonyl (C=O) groups excluding carboxylic acids is 2. The number of esters is 1. The van der Waals surface area contributed by atoms with Crippen LogP contribution in [0.4, 0.5) is 0 Å². The molecule has 15 heavy (non-hydrogen) atoms. The first kappa shape index (κ1) is 9.13. The summed E-state index contributed by atoms with van der Waals surface area (Å²) in [6, 6.07) is 0. The van der Waals surface area contributed by atoms with Crippen LogP contribution in [0.2, 0.25) is 0 Å². The zero-order valence-corrected chi connectivity index (χ0v) is 8.62. The van der Waals surface area contributed by atoms with E-state index in [-0.39, 0.29) is 23.8 Å². The molecule has 2 bridgehead atoms. The molecule has 1 spiro atoms. The van der Waals surface area contributed by atoms with E-state index in [2.05, 4.69) is 6.58 Å². The van der Waals surface area contributed by atoms with E-state index in [9.17, 15) is 9.59 Å². The van der Waals surface area contributed by atoms with Crippen LogP contribution in [-0.4, -0.2) is 17.9 Å². The second-order valence-electron chi connectivity index (χ2n) is 4.89. The predicted octanol–water partition coefficient (Wildman–Crippen LogP) is 1.62. The van der Waals surface area contributed by atoms with Crippen LogP contribution in [-0.2, 0) is 14.3 Å². The fraction of sp³-hybridized carbons (Fsp3) is 0.667. The monoisotopic (exact) mass is 206 g/mol. The van der Waals surface area contributed by atoms with Crippen LogP contribution in [0.15, 0.2) is 12.2 Å². The van der Waals surface area contributed by atoms with Gasteiger partial charge in [-0.05, 0) is 30.8 Å². The summed E-state index contributed by atoms with van der Waals surface area (Å²) >= 11 is 0. The predicted molar refractivity (Wildman–Crippen MR) is 53.0 cm³/mol. The molecule has 0 unspecified atom stereocenters. The van der Waals surface area contributed by atoms with Gasteiger partial charge in [-0.2, -0.15) is 0 Å². The number of rotatable bonds is 0. The fourth-order valence-electron chi connectivity index (χ4n) is 3.53. The Hall–Kier alpha value is -1.12. The zero-order valence-electron chi connectivity index (χ0n) is 8.62. The van der Waals surface area contributed by atoms with E-state index < -0.39 is 5.41 Å². The molecule has 0 radical (unpaired) electrons. The molecule has 80 valence electrons. The van der Waals surface area contributed by atoms with Gasteiger partial charge < -0.3 is 4.74 Å². The summed E-state index contributed by atoms with van der Waals surface area (Å²) in [6.07, 6.45) is 3.93. The number of carbonyl (C=O) groups is 2.